The molecule has 0 radical (unpaired) electrons. The van der Waals surface area contributed by atoms with Crippen molar-refractivity contribution in [1.29, 1.82) is 0 Å². The van der Waals surface area contributed by atoms with E-state index >= 15 is 0 Å². The molecule has 0 aliphatic heterocycles. The van der Waals surface area contributed by atoms with Gasteiger partial charge in [0.2, 0.25) is 0 Å². The van der Waals surface area contributed by atoms with Gasteiger partial charge in [-0.25, -0.2) is 0 Å². The third-order valence-electron chi connectivity index (χ3n) is 6.86. The monoisotopic (exact) mass is 334 g/mol. The molecule has 0 spiro atoms. The van der Waals surface area contributed by atoms with E-state index in [0.29, 0.717) is 17.8 Å². The summed E-state index contributed by atoms with van der Waals surface area (Å²) >= 11 is 0. The van der Waals surface area contributed by atoms with E-state index in [-0.39, 0.29) is 0 Å². The SMILES string of the molecule is CCC1C2=CC=CCC2c2ccc3cccc4c3c2C1c1ccccc1-4. The standard InChI is InChI=1S/C26H22/c1-2-17-18-9-3-4-10-19(18)23-15-14-16-8-7-13-21-20-11-5-6-12-22(20)25(17)26(23)24(16)21/h3-9,11-15,17,19,25H,2,10H2,1H3. The van der Waals surface area contributed by atoms with Gasteiger partial charge in [0.15, 0.2) is 0 Å². The molecule has 0 heterocycles. The molecule has 0 nitrogen and oxygen atoms in total. The van der Waals surface area contributed by atoms with Crippen molar-refractivity contribution in [2.45, 2.75) is 31.6 Å². The normalized spacial score (nSPS) is 24.8. The van der Waals surface area contributed by atoms with Crippen LogP contribution < -0.4 is 0 Å². The van der Waals surface area contributed by atoms with Gasteiger partial charge >= 0.3 is 0 Å². The van der Waals surface area contributed by atoms with E-state index < -0.39 is 0 Å². The summed E-state index contributed by atoms with van der Waals surface area (Å²) in [5, 5.41) is 2.91. The minimum Gasteiger partial charge on any atom is -0.0836 e. The van der Waals surface area contributed by atoms with Crippen LogP contribution >= 0.6 is 0 Å². The van der Waals surface area contributed by atoms with Crippen LogP contribution in [-0.2, 0) is 0 Å². The maximum Gasteiger partial charge on any atom is 0.0170 e. The van der Waals surface area contributed by atoms with Crippen molar-refractivity contribution in [1.82, 2.24) is 0 Å². The van der Waals surface area contributed by atoms with E-state index in [1.54, 1.807) is 16.7 Å². The average Bonchev–Trinajstić information content (AvgIpc) is 2.72. The van der Waals surface area contributed by atoms with Crippen LogP contribution in [0.3, 0.4) is 0 Å². The highest BCUT2D eigenvalue weighted by atomic mass is 14.5. The van der Waals surface area contributed by atoms with E-state index in [1.165, 1.54) is 33.9 Å². The highest BCUT2D eigenvalue weighted by molar-refractivity contribution is 6.03. The lowest BCUT2D eigenvalue weighted by Crippen LogP contribution is -2.29. The predicted molar refractivity (Wildman–Crippen MR) is 110 cm³/mol. The van der Waals surface area contributed by atoms with Gasteiger partial charge in [0.1, 0.15) is 0 Å². The molecule has 3 aliphatic rings. The van der Waals surface area contributed by atoms with Crippen LogP contribution in [0.4, 0.5) is 0 Å². The molecule has 3 unspecified atom stereocenters. The van der Waals surface area contributed by atoms with E-state index in [1.807, 2.05) is 0 Å². The Morgan fingerprint density at radius 2 is 1.77 bits per heavy atom. The summed E-state index contributed by atoms with van der Waals surface area (Å²) in [6.07, 6.45) is 9.39. The minimum absolute atomic E-state index is 0.499. The fourth-order valence-electron chi connectivity index (χ4n) is 5.87. The molecule has 3 aromatic rings. The Bertz CT molecular complexity index is 1110. The Morgan fingerprint density at radius 1 is 0.885 bits per heavy atom. The van der Waals surface area contributed by atoms with Crippen molar-refractivity contribution in [3.63, 3.8) is 0 Å². The zero-order valence-corrected chi connectivity index (χ0v) is 15.1. The molecule has 0 N–H and O–H groups in total. The lowest BCUT2D eigenvalue weighted by molar-refractivity contribution is 0.458. The second-order valence-electron chi connectivity index (χ2n) is 7.93. The first-order valence-electron chi connectivity index (χ1n) is 9.90. The van der Waals surface area contributed by atoms with Gasteiger partial charge in [-0.15, -0.1) is 0 Å². The number of hydrogen-bond donors (Lipinski definition) is 0. The van der Waals surface area contributed by atoms with E-state index in [0.717, 1.165) is 6.42 Å². The van der Waals surface area contributed by atoms with Gasteiger partial charge in [-0.1, -0.05) is 85.3 Å². The van der Waals surface area contributed by atoms with Gasteiger partial charge in [-0.2, -0.15) is 0 Å². The van der Waals surface area contributed by atoms with Gasteiger partial charge in [0.05, 0.1) is 0 Å². The third-order valence-corrected chi connectivity index (χ3v) is 6.86. The van der Waals surface area contributed by atoms with Gasteiger partial charge in [-0.05, 0) is 57.3 Å². The van der Waals surface area contributed by atoms with E-state index in [4.69, 9.17) is 0 Å². The predicted octanol–water partition coefficient (Wildman–Crippen LogP) is 6.96. The fraction of sp³-hybridized carbons (Fsp3) is 0.231. The largest absolute Gasteiger partial charge is 0.0836 e. The summed E-state index contributed by atoms with van der Waals surface area (Å²) in [5.74, 6) is 1.68. The van der Waals surface area contributed by atoms with Crippen molar-refractivity contribution in [3.8, 4) is 11.1 Å². The third kappa shape index (κ3) is 1.70. The number of allylic oxidation sites excluding steroid dienone is 4. The quantitative estimate of drug-likeness (QED) is 0.451. The lowest BCUT2D eigenvalue weighted by atomic mass is 9.59. The molecule has 0 amide bonds. The van der Waals surface area contributed by atoms with Crippen molar-refractivity contribution >= 4 is 10.8 Å². The molecule has 6 rings (SSSR count). The Labute approximate surface area is 154 Å². The number of rotatable bonds is 1. The molecular formula is C26H22. The molecule has 0 aromatic heterocycles. The van der Waals surface area contributed by atoms with Gasteiger partial charge < -0.3 is 0 Å². The van der Waals surface area contributed by atoms with Crippen LogP contribution in [0.1, 0.15) is 48.3 Å². The van der Waals surface area contributed by atoms with Crippen molar-refractivity contribution in [2.24, 2.45) is 5.92 Å². The molecule has 0 heteroatoms. The van der Waals surface area contributed by atoms with E-state index in [2.05, 4.69) is 79.7 Å². The number of hydrogen-bond acceptors (Lipinski definition) is 0. The van der Waals surface area contributed by atoms with Gasteiger partial charge in [-0.3, -0.25) is 0 Å². The zero-order valence-electron chi connectivity index (χ0n) is 15.1. The highest BCUT2D eigenvalue weighted by Gasteiger charge is 2.42. The smallest absolute Gasteiger partial charge is 0.0170 e. The van der Waals surface area contributed by atoms with Gasteiger partial charge in [0.25, 0.3) is 0 Å². The molecule has 26 heavy (non-hydrogen) atoms. The Kier molecular flexibility index (Phi) is 2.91. The minimum atomic E-state index is 0.499. The summed E-state index contributed by atoms with van der Waals surface area (Å²) in [6.45, 7) is 2.37. The number of fused-ring (bicyclic) bond motifs is 5. The Hall–Kier alpha value is -2.60. The topological polar surface area (TPSA) is 0 Å². The molecule has 0 saturated carbocycles. The first-order valence-corrected chi connectivity index (χ1v) is 9.90. The second kappa shape index (κ2) is 5.20. The van der Waals surface area contributed by atoms with Crippen LogP contribution in [0, 0.1) is 5.92 Å². The van der Waals surface area contributed by atoms with Crippen LogP contribution in [0.2, 0.25) is 0 Å². The summed E-state index contributed by atoms with van der Waals surface area (Å²) in [4.78, 5) is 0. The summed E-state index contributed by atoms with van der Waals surface area (Å²) in [6, 6.07) is 20.7. The van der Waals surface area contributed by atoms with E-state index in [9.17, 15) is 0 Å². The zero-order chi connectivity index (χ0) is 17.3. The van der Waals surface area contributed by atoms with Crippen molar-refractivity contribution in [3.05, 3.63) is 95.1 Å². The van der Waals surface area contributed by atoms with Crippen LogP contribution in [0.25, 0.3) is 21.9 Å². The molecule has 3 aliphatic carbocycles. The van der Waals surface area contributed by atoms with Crippen LogP contribution in [0.5, 0.6) is 0 Å². The molecule has 3 aromatic carbocycles. The first-order chi connectivity index (χ1) is 12.9. The fourth-order valence-corrected chi connectivity index (χ4v) is 5.87. The molecule has 126 valence electrons. The molecule has 0 fully saturated rings. The molecule has 0 saturated heterocycles. The average molecular weight is 334 g/mol. The lowest BCUT2D eigenvalue weighted by Gasteiger charge is -2.44. The molecule has 0 bridgehead atoms. The van der Waals surface area contributed by atoms with Crippen LogP contribution in [0.15, 0.2) is 78.4 Å². The molecule has 3 atom stereocenters. The van der Waals surface area contributed by atoms with Gasteiger partial charge in [0, 0.05) is 11.8 Å². The maximum atomic E-state index is 2.42. The Balaban J connectivity index is 1.81. The maximum absolute atomic E-state index is 2.42. The highest BCUT2D eigenvalue weighted by Crippen LogP contribution is 2.58. The second-order valence-corrected chi connectivity index (χ2v) is 7.93. The summed E-state index contributed by atoms with van der Waals surface area (Å²) < 4.78 is 0. The van der Waals surface area contributed by atoms with Crippen LogP contribution in [-0.4, -0.2) is 0 Å². The molecular weight excluding hydrogens is 312 g/mol. The van der Waals surface area contributed by atoms with Crippen molar-refractivity contribution < 1.29 is 0 Å². The van der Waals surface area contributed by atoms with Crippen molar-refractivity contribution in [2.75, 3.05) is 0 Å². The number of benzene rings is 3. The summed E-state index contributed by atoms with van der Waals surface area (Å²) in [5.41, 5.74) is 9.25. The first kappa shape index (κ1) is 14.6. The Morgan fingerprint density at radius 3 is 2.69 bits per heavy atom. The summed E-state index contributed by atoms with van der Waals surface area (Å²) in [7, 11) is 0.